The Kier molecular flexibility index (Phi) is 4.85. The number of rotatable bonds is 4. The molecule has 23 heavy (non-hydrogen) atoms. The summed E-state index contributed by atoms with van der Waals surface area (Å²) in [6, 6.07) is 8.79. The fourth-order valence-corrected chi connectivity index (χ4v) is 1.92. The van der Waals surface area contributed by atoms with Gasteiger partial charge in [0.25, 0.3) is 5.69 Å². The van der Waals surface area contributed by atoms with E-state index >= 15 is 0 Å². The summed E-state index contributed by atoms with van der Waals surface area (Å²) in [4.78, 5) is 10.00. The Morgan fingerprint density at radius 2 is 1.96 bits per heavy atom. The summed E-state index contributed by atoms with van der Waals surface area (Å²) in [6.45, 7) is 0. The van der Waals surface area contributed by atoms with Gasteiger partial charge in [0.2, 0.25) is 0 Å². The van der Waals surface area contributed by atoms with Gasteiger partial charge in [-0.2, -0.15) is 18.3 Å². The van der Waals surface area contributed by atoms with Crippen LogP contribution in [-0.4, -0.2) is 11.1 Å². The molecule has 0 atom stereocenters. The second-order valence-electron chi connectivity index (χ2n) is 4.41. The van der Waals surface area contributed by atoms with Crippen LogP contribution in [0.1, 0.15) is 11.1 Å². The maximum absolute atomic E-state index is 12.6. The summed E-state index contributed by atoms with van der Waals surface area (Å²) in [6.07, 6.45) is -3.32. The van der Waals surface area contributed by atoms with E-state index in [1.165, 1.54) is 6.21 Å². The Morgan fingerprint density at radius 1 is 1.22 bits per heavy atom. The van der Waals surface area contributed by atoms with E-state index in [9.17, 15) is 23.3 Å². The lowest BCUT2D eigenvalue weighted by molar-refractivity contribution is -0.384. The lowest BCUT2D eigenvalue weighted by atomic mass is 10.1. The maximum atomic E-state index is 12.6. The number of alkyl halides is 3. The lowest BCUT2D eigenvalue weighted by Crippen LogP contribution is -2.06. The number of nitrogens with one attached hydrogen (secondary N) is 1. The SMILES string of the molecule is O=[N+]([O-])c1cc(C(F)(F)F)ccc1N/N=C/c1cccc(Cl)c1. The van der Waals surface area contributed by atoms with Crippen molar-refractivity contribution < 1.29 is 18.1 Å². The molecule has 0 aliphatic rings. The van der Waals surface area contributed by atoms with Gasteiger partial charge in [-0.15, -0.1) is 0 Å². The van der Waals surface area contributed by atoms with Crippen molar-refractivity contribution in [2.75, 3.05) is 5.43 Å². The minimum atomic E-state index is -4.66. The van der Waals surface area contributed by atoms with Crippen molar-refractivity contribution in [2.24, 2.45) is 5.10 Å². The Bertz CT molecular complexity index is 763. The van der Waals surface area contributed by atoms with Crippen molar-refractivity contribution in [3.8, 4) is 0 Å². The molecule has 0 spiro atoms. The quantitative estimate of drug-likeness (QED) is 0.496. The van der Waals surface area contributed by atoms with Crippen LogP contribution in [-0.2, 0) is 6.18 Å². The molecule has 0 saturated carbocycles. The molecule has 0 radical (unpaired) electrons. The molecule has 0 unspecified atom stereocenters. The number of hydrogen-bond acceptors (Lipinski definition) is 4. The van der Waals surface area contributed by atoms with Crippen LogP contribution < -0.4 is 5.43 Å². The molecule has 0 heterocycles. The lowest BCUT2D eigenvalue weighted by Gasteiger charge is -2.08. The second kappa shape index (κ2) is 6.66. The Morgan fingerprint density at radius 3 is 2.57 bits per heavy atom. The number of nitro groups is 1. The third kappa shape index (κ3) is 4.43. The third-order valence-electron chi connectivity index (χ3n) is 2.77. The van der Waals surface area contributed by atoms with Crippen LogP contribution in [0.5, 0.6) is 0 Å². The van der Waals surface area contributed by atoms with Gasteiger partial charge in [-0.3, -0.25) is 15.5 Å². The van der Waals surface area contributed by atoms with Crippen molar-refractivity contribution in [3.63, 3.8) is 0 Å². The summed E-state index contributed by atoms with van der Waals surface area (Å²) in [7, 11) is 0. The van der Waals surface area contributed by atoms with Crippen molar-refractivity contribution in [1.29, 1.82) is 0 Å². The highest BCUT2D eigenvalue weighted by molar-refractivity contribution is 6.30. The number of hydrazone groups is 1. The van der Waals surface area contributed by atoms with E-state index in [0.717, 1.165) is 12.1 Å². The molecular weight excluding hydrogens is 335 g/mol. The van der Waals surface area contributed by atoms with Crippen molar-refractivity contribution >= 4 is 29.2 Å². The first-order valence-electron chi connectivity index (χ1n) is 6.17. The summed E-state index contributed by atoms with van der Waals surface area (Å²) >= 11 is 5.79. The van der Waals surface area contributed by atoms with Gasteiger partial charge < -0.3 is 0 Å². The molecule has 5 nitrogen and oxygen atoms in total. The predicted molar refractivity (Wildman–Crippen MR) is 80.8 cm³/mol. The zero-order valence-electron chi connectivity index (χ0n) is 11.3. The number of benzene rings is 2. The second-order valence-corrected chi connectivity index (χ2v) is 4.85. The predicted octanol–water partition coefficient (Wildman–Crippen LogP) is 4.71. The third-order valence-corrected chi connectivity index (χ3v) is 3.00. The number of nitrogens with zero attached hydrogens (tertiary/aromatic N) is 2. The van der Waals surface area contributed by atoms with E-state index in [2.05, 4.69) is 10.5 Å². The molecular formula is C14H9ClF3N3O2. The normalized spacial score (nSPS) is 11.7. The molecule has 2 rings (SSSR count). The summed E-state index contributed by atoms with van der Waals surface area (Å²) in [5.74, 6) is 0. The van der Waals surface area contributed by atoms with Gasteiger partial charge in [-0.25, -0.2) is 0 Å². The molecule has 9 heteroatoms. The summed E-state index contributed by atoms with van der Waals surface area (Å²) in [5.41, 5.74) is 1.01. The zero-order valence-corrected chi connectivity index (χ0v) is 12.1. The molecule has 1 N–H and O–H groups in total. The van der Waals surface area contributed by atoms with Crippen LogP contribution >= 0.6 is 11.6 Å². The molecule has 0 aliphatic heterocycles. The van der Waals surface area contributed by atoms with Gasteiger partial charge in [-0.1, -0.05) is 23.7 Å². The number of nitro benzene ring substituents is 1. The average Bonchev–Trinajstić information content (AvgIpc) is 2.46. The van der Waals surface area contributed by atoms with E-state index in [1.54, 1.807) is 24.3 Å². The molecule has 0 aromatic heterocycles. The molecule has 2 aromatic rings. The Hall–Kier alpha value is -2.61. The smallest absolute Gasteiger partial charge is 0.272 e. The summed E-state index contributed by atoms with van der Waals surface area (Å²) in [5, 5.41) is 15.2. The first kappa shape index (κ1) is 16.8. The molecule has 0 saturated heterocycles. The van der Waals surface area contributed by atoms with E-state index < -0.39 is 22.4 Å². The standard InChI is InChI=1S/C14H9ClF3N3O2/c15-11-3-1-2-9(6-11)8-19-20-12-5-4-10(14(16,17)18)7-13(12)21(22)23/h1-8,20H/b19-8+. The van der Waals surface area contributed by atoms with E-state index in [4.69, 9.17) is 11.6 Å². The van der Waals surface area contributed by atoms with Crippen molar-refractivity contribution in [3.05, 3.63) is 68.7 Å². The fourth-order valence-electron chi connectivity index (χ4n) is 1.72. The largest absolute Gasteiger partial charge is 0.416 e. The van der Waals surface area contributed by atoms with Gasteiger partial charge in [0.05, 0.1) is 16.7 Å². The topological polar surface area (TPSA) is 67.5 Å². The molecule has 0 fully saturated rings. The molecule has 0 amide bonds. The zero-order chi connectivity index (χ0) is 17.0. The first-order valence-corrected chi connectivity index (χ1v) is 6.55. The van der Waals surface area contributed by atoms with E-state index in [0.29, 0.717) is 16.7 Å². The van der Waals surface area contributed by atoms with Crippen molar-refractivity contribution in [1.82, 2.24) is 0 Å². The van der Waals surface area contributed by atoms with Gasteiger partial charge >= 0.3 is 6.18 Å². The number of hydrogen-bond donors (Lipinski definition) is 1. The van der Waals surface area contributed by atoms with Crippen LogP contribution in [0, 0.1) is 10.1 Å². The monoisotopic (exact) mass is 343 g/mol. The van der Waals surface area contributed by atoms with Crippen LogP contribution in [0.4, 0.5) is 24.5 Å². The highest BCUT2D eigenvalue weighted by atomic mass is 35.5. The van der Waals surface area contributed by atoms with Crippen LogP contribution in [0.3, 0.4) is 0 Å². The Balaban J connectivity index is 2.24. The van der Waals surface area contributed by atoms with Gasteiger partial charge in [-0.05, 0) is 29.8 Å². The minimum absolute atomic E-state index is 0.152. The Labute approximate surface area is 133 Å². The highest BCUT2D eigenvalue weighted by Gasteiger charge is 2.33. The molecule has 120 valence electrons. The molecule has 0 bridgehead atoms. The van der Waals surface area contributed by atoms with Gasteiger partial charge in [0.15, 0.2) is 0 Å². The fraction of sp³-hybridized carbons (Fsp3) is 0.0714. The molecule has 2 aromatic carbocycles. The van der Waals surface area contributed by atoms with Gasteiger partial charge in [0, 0.05) is 11.1 Å². The number of anilines is 1. The van der Waals surface area contributed by atoms with Crippen LogP contribution in [0.15, 0.2) is 47.6 Å². The summed E-state index contributed by atoms with van der Waals surface area (Å²) < 4.78 is 37.8. The maximum Gasteiger partial charge on any atom is 0.416 e. The average molecular weight is 344 g/mol. The minimum Gasteiger partial charge on any atom is -0.272 e. The highest BCUT2D eigenvalue weighted by Crippen LogP contribution is 2.34. The van der Waals surface area contributed by atoms with Gasteiger partial charge in [0.1, 0.15) is 5.69 Å². The van der Waals surface area contributed by atoms with Crippen LogP contribution in [0.2, 0.25) is 5.02 Å². The van der Waals surface area contributed by atoms with Crippen molar-refractivity contribution in [2.45, 2.75) is 6.18 Å². The van der Waals surface area contributed by atoms with Crippen LogP contribution in [0.25, 0.3) is 0 Å². The van der Waals surface area contributed by atoms with E-state index in [1.807, 2.05) is 0 Å². The number of halogens is 4. The first-order chi connectivity index (χ1) is 10.8. The van der Waals surface area contributed by atoms with E-state index in [-0.39, 0.29) is 5.69 Å². The molecule has 0 aliphatic carbocycles.